The van der Waals surface area contributed by atoms with E-state index in [2.05, 4.69) is 29.1 Å². The van der Waals surface area contributed by atoms with Gasteiger partial charge in [-0.25, -0.2) is 0 Å². The lowest BCUT2D eigenvalue weighted by molar-refractivity contribution is -0.146. The largest absolute Gasteiger partial charge is 0.464 e. The first kappa shape index (κ1) is 28.2. The summed E-state index contributed by atoms with van der Waals surface area (Å²) < 4.78 is 36.8. The summed E-state index contributed by atoms with van der Waals surface area (Å²) in [6, 6.07) is 22.6. The summed E-state index contributed by atoms with van der Waals surface area (Å²) in [4.78, 5) is 12.3. The number of nitrogens with zero attached hydrogens (tertiary/aromatic N) is 1. The van der Waals surface area contributed by atoms with Crippen molar-refractivity contribution in [3.05, 3.63) is 95.7 Å². The maximum absolute atomic E-state index is 12.6. The lowest BCUT2D eigenvalue weighted by Gasteiger charge is -2.23. The number of esters is 1. The molecule has 7 nitrogen and oxygen atoms in total. The monoisotopic (exact) mass is 538 g/mol. The van der Waals surface area contributed by atoms with Crippen LogP contribution in [0.15, 0.2) is 79.0 Å². The number of nitrogens with two attached hydrogens (primary N) is 1. The molecule has 0 atom stereocenters. The highest BCUT2D eigenvalue weighted by atomic mass is 19.3. The minimum Gasteiger partial charge on any atom is -0.464 e. The molecule has 4 aromatic rings. The molecule has 4 rings (SSSR count). The highest BCUT2D eigenvalue weighted by molar-refractivity contribution is 5.86. The van der Waals surface area contributed by atoms with Crippen molar-refractivity contribution in [1.29, 1.82) is 0 Å². The molecule has 0 saturated heterocycles. The highest BCUT2D eigenvalue weighted by Gasteiger charge is 2.25. The first-order valence-corrected chi connectivity index (χ1v) is 12.7. The number of hydrogen-bond donors (Lipinski definition) is 3. The Morgan fingerprint density at radius 2 is 1.64 bits per heavy atom. The highest BCUT2D eigenvalue weighted by Crippen LogP contribution is 2.29. The van der Waals surface area contributed by atoms with Crippen LogP contribution in [0, 0.1) is 0 Å². The Morgan fingerprint density at radius 3 is 2.31 bits per heavy atom. The summed E-state index contributed by atoms with van der Waals surface area (Å²) >= 11 is 0. The van der Waals surface area contributed by atoms with Crippen LogP contribution >= 0.6 is 0 Å². The molecule has 9 heteroatoms. The summed E-state index contributed by atoms with van der Waals surface area (Å²) in [6.45, 7) is -4.16. The second-order valence-corrected chi connectivity index (χ2v) is 9.57. The van der Waals surface area contributed by atoms with Crippen molar-refractivity contribution in [1.82, 2.24) is 4.57 Å². The molecular formula is C30H32F2N2O5. The topological polar surface area (TPSA) is 107 Å². The van der Waals surface area contributed by atoms with Gasteiger partial charge in [0.15, 0.2) is 0 Å². The third-order valence-electron chi connectivity index (χ3n) is 6.59. The molecule has 206 valence electrons. The van der Waals surface area contributed by atoms with Crippen LogP contribution in [0.2, 0.25) is 0 Å². The average molecular weight is 539 g/mol. The number of hydrogen-bond acceptors (Lipinski definition) is 6. The van der Waals surface area contributed by atoms with E-state index < -0.39 is 31.3 Å². The summed E-state index contributed by atoms with van der Waals surface area (Å²) in [6.07, 6.45) is 4.23. The molecule has 0 saturated carbocycles. The van der Waals surface area contributed by atoms with E-state index in [0.29, 0.717) is 6.42 Å². The van der Waals surface area contributed by atoms with Crippen LogP contribution < -0.4 is 10.5 Å². The molecule has 0 aliphatic rings. The second-order valence-electron chi connectivity index (χ2n) is 9.57. The van der Waals surface area contributed by atoms with Crippen LogP contribution in [0.1, 0.15) is 23.1 Å². The molecule has 4 N–H and O–H groups in total. The van der Waals surface area contributed by atoms with E-state index in [1.807, 2.05) is 34.9 Å². The van der Waals surface area contributed by atoms with Gasteiger partial charge in [0.25, 0.3) is 0 Å². The molecule has 0 unspecified atom stereocenters. The number of alkyl halides is 2. The van der Waals surface area contributed by atoms with E-state index in [0.717, 1.165) is 40.6 Å². The van der Waals surface area contributed by atoms with Crippen molar-refractivity contribution in [2.45, 2.75) is 37.8 Å². The van der Waals surface area contributed by atoms with E-state index in [4.69, 9.17) is 10.5 Å². The fraction of sp³-hybridized carbons (Fsp3) is 0.300. The normalized spacial score (nSPS) is 11.7. The standard InChI is InChI=1S/C30H32F2N2O5/c31-29(32)39-25-12-10-24(11-13-25)34-17-23(9-6-21-4-2-1-3-5-21)26-16-22(7-14-27(26)34)8-15-28(37)38-20-30(33,18-35)19-36/h1-5,7,10-14,16-17,29,35-36H,6,8-9,15,18-20,33H2. The molecule has 0 spiro atoms. The Balaban J connectivity index is 1.56. The van der Waals surface area contributed by atoms with Crippen LogP contribution in [0.5, 0.6) is 5.75 Å². The minimum absolute atomic E-state index is 0.0912. The number of ether oxygens (including phenoxy) is 2. The zero-order chi connectivity index (χ0) is 27.8. The van der Waals surface area contributed by atoms with Gasteiger partial charge in [-0.05, 0) is 72.4 Å². The molecule has 0 aliphatic carbocycles. The number of aromatic nitrogens is 1. The van der Waals surface area contributed by atoms with Crippen LogP contribution in [-0.4, -0.2) is 52.7 Å². The molecule has 0 aliphatic heterocycles. The Kier molecular flexibility index (Phi) is 9.29. The quantitative estimate of drug-likeness (QED) is 0.221. The van der Waals surface area contributed by atoms with Crippen LogP contribution in [0.3, 0.4) is 0 Å². The Hall–Kier alpha value is -3.79. The SMILES string of the molecule is NC(CO)(CO)COC(=O)CCc1ccc2c(c1)c(CCc1ccccc1)cn2-c1ccc(OC(F)F)cc1. The van der Waals surface area contributed by atoms with Crippen LogP contribution in [0.4, 0.5) is 8.78 Å². The molecular weight excluding hydrogens is 506 g/mol. The first-order valence-electron chi connectivity index (χ1n) is 12.7. The van der Waals surface area contributed by atoms with E-state index in [-0.39, 0.29) is 18.8 Å². The Morgan fingerprint density at radius 1 is 0.923 bits per heavy atom. The average Bonchev–Trinajstić information content (AvgIpc) is 3.32. The van der Waals surface area contributed by atoms with Gasteiger partial charge in [0.05, 0.1) is 24.3 Å². The van der Waals surface area contributed by atoms with Gasteiger partial charge in [-0.15, -0.1) is 0 Å². The van der Waals surface area contributed by atoms with Gasteiger partial charge in [-0.1, -0.05) is 36.4 Å². The van der Waals surface area contributed by atoms with Gasteiger partial charge in [-0.2, -0.15) is 8.78 Å². The molecule has 1 heterocycles. The van der Waals surface area contributed by atoms with Gasteiger partial charge >= 0.3 is 12.6 Å². The van der Waals surface area contributed by atoms with Gasteiger partial charge in [0.1, 0.15) is 12.4 Å². The van der Waals surface area contributed by atoms with E-state index in [1.165, 1.54) is 17.7 Å². The second kappa shape index (κ2) is 12.8. The van der Waals surface area contributed by atoms with E-state index in [1.54, 1.807) is 12.1 Å². The van der Waals surface area contributed by atoms with Crippen molar-refractivity contribution < 1.29 is 33.3 Å². The number of aliphatic hydroxyl groups excluding tert-OH is 2. The number of rotatable bonds is 13. The van der Waals surface area contributed by atoms with Crippen molar-refractivity contribution in [2.24, 2.45) is 5.73 Å². The van der Waals surface area contributed by atoms with Gasteiger partial charge < -0.3 is 30.0 Å². The Labute approximate surface area is 225 Å². The van der Waals surface area contributed by atoms with E-state index in [9.17, 15) is 23.8 Å². The fourth-order valence-corrected chi connectivity index (χ4v) is 4.31. The predicted octanol–water partition coefficient (Wildman–Crippen LogP) is 4.18. The van der Waals surface area contributed by atoms with E-state index >= 15 is 0 Å². The number of halogens is 2. The lowest BCUT2D eigenvalue weighted by atomic mass is 10.0. The summed E-state index contributed by atoms with van der Waals surface area (Å²) in [5.41, 5.74) is 9.43. The van der Waals surface area contributed by atoms with Crippen LogP contribution in [-0.2, 0) is 28.8 Å². The van der Waals surface area contributed by atoms with Crippen molar-refractivity contribution in [3.63, 3.8) is 0 Å². The first-order chi connectivity index (χ1) is 18.8. The molecule has 39 heavy (non-hydrogen) atoms. The molecule has 1 aromatic heterocycles. The predicted molar refractivity (Wildman–Crippen MR) is 144 cm³/mol. The van der Waals surface area contributed by atoms with Gasteiger partial charge in [0.2, 0.25) is 0 Å². The number of carbonyl (C=O) groups is 1. The zero-order valence-corrected chi connectivity index (χ0v) is 21.4. The maximum Gasteiger partial charge on any atom is 0.387 e. The number of aliphatic hydroxyl groups is 2. The summed E-state index contributed by atoms with van der Waals surface area (Å²) in [5, 5.41) is 19.6. The van der Waals surface area contributed by atoms with Gasteiger partial charge in [-0.3, -0.25) is 4.79 Å². The fourth-order valence-electron chi connectivity index (χ4n) is 4.31. The molecule has 3 aromatic carbocycles. The minimum atomic E-state index is -2.88. The van der Waals surface area contributed by atoms with Crippen molar-refractivity contribution in [2.75, 3.05) is 19.8 Å². The molecule has 0 radical (unpaired) electrons. The number of carbonyl (C=O) groups excluding carboxylic acids is 1. The third kappa shape index (κ3) is 7.41. The number of benzene rings is 3. The smallest absolute Gasteiger partial charge is 0.387 e. The van der Waals surface area contributed by atoms with Gasteiger partial charge in [0, 0.05) is 23.7 Å². The van der Waals surface area contributed by atoms with Crippen molar-refractivity contribution >= 4 is 16.9 Å². The number of fused-ring (bicyclic) bond motifs is 1. The molecule has 0 fully saturated rings. The summed E-state index contributed by atoms with van der Waals surface area (Å²) in [7, 11) is 0. The summed E-state index contributed by atoms with van der Waals surface area (Å²) in [5.74, 6) is -0.381. The maximum atomic E-state index is 12.6. The van der Waals surface area contributed by atoms with Crippen LogP contribution in [0.25, 0.3) is 16.6 Å². The molecule has 0 amide bonds. The number of aryl methyl sites for hydroxylation is 3. The molecule has 0 bridgehead atoms. The zero-order valence-electron chi connectivity index (χ0n) is 21.4. The Bertz CT molecular complexity index is 1370. The lowest BCUT2D eigenvalue weighted by Crippen LogP contribution is -2.51. The third-order valence-corrected chi connectivity index (χ3v) is 6.59. The van der Waals surface area contributed by atoms with Crippen molar-refractivity contribution in [3.8, 4) is 11.4 Å².